The van der Waals surface area contributed by atoms with Gasteiger partial charge in [0.25, 0.3) is 0 Å². The van der Waals surface area contributed by atoms with E-state index in [0.29, 0.717) is 18.7 Å². The smallest absolute Gasteiger partial charge is 0.337 e. The van der Waals surface area contributed by atoms with Crippen LogP contribution < -0.4 is 10.6 Å². The molecule has 3 N–H and O–H groups in total. The van der Waals surface area contributed by atoms with Crippen LogP contribution in [0.4, 0.5) is 14.5 Å². The maximum atomic E-state index is 13.1. The molecule has 0 radical (unpaired) electrons. The van der Waals surface area contributed by atoms with E-state index in [9.17, 15) is 18.4 Å². The third-order valence-electron chi connectivity index (χ3n) is 2.47. The summed E-state index contributed by atoms with van der Waals surface area (Å²) in [5, 5.41) is 14.2. The fourth-order valence-electron chi connectivity index (χ4n) is 1.51. The molecule has 0 unspecified atom stereocenters. The monoisotopic (exact) mass is 286 g/mol. The minimum atomic E-state index is -1.44. The second kappa shape index (κ2) is 6.95. The SMILES string of the molecule is CC(C)NCCC(=O)Nc1cc(F)c(F)cc1C(=O)O. The van der Waals surface area contributed by atoms with Crippen LogP contribution in [0.15, 0.2) is 12.1 Å². The van der Waals surface area contributed by atoms with Crippen LogP contribution in [0.2, 0.25) is 0 Å². The van der Waals surface area contributed by atoms with Gasteiger partial charge >= 0.3 is 5.97 Å². The highest BCUT2D eigenvalue weighted by Gasteiger charge is 2.16. The molecule has 0 spiro atoms. The van der Waals surface area contributed by atoms with E-state index in [2.05, 4.69) is 10.6 Å². The van der Waals surface area contributed by atoms with E-state index < -0.39 is 29.1 Å². The Labute approximate surface area is 115 Å². The van der Waals surface area contributed by atoms with Gasteiger partial charge < -0.3 is 15.7 Å². The second-order valence-electron chi connectivity index (χ2n) is 4.52. The summed E-state index contributed by atoms with van der Waals surface area (Å²) in [5.74, 6) is -4.42. The summed E-state index contributed by atoms with van der Waals surface area (Å²) in [4.78, 5) is 22.5. The number of aromatic carboxylic acids is 1. The van der Waals surface area contributed by atoms with Crippen molar-refractivity contribution in [3.05, 3.63) is 29.3 Å². The Morgan fingerprint density at radius 1 is 1.25 bits per heavy atom. The zero-order valence-electron chi connectivity index (χ0n) is 11.2. The van der Waals surface area contributed by atoms with E-state index in [1.165, 1.54) is 0 Å². The highest BCUT2D eigenvalue weighted by molar-refractivity contribution is 6.00. The summed E-state index contributed by atoms with van der Waals surface area (Å²) in [6.45, 7) is 4.22. The van der Waals surface area contributed by atoms with Crippen LogP contribution in [0, 0.1) is 11.6 Å². The van der Waals surface area contributed by atoms with Crippen molar-refractivity contribution in [2.24, 2.45) is 0 Å². The first-order chi connectivity index (χ1) is 9.31. The molecule has 1 amide bonds. The Kier molecular flexibility index (Phi) is 5.57. The average Bonchev–Trinajstić information content (AvgIpc) is 2.32. The molecule has 0 aliphatic heterocycles. The van der Waals surface area contributed by atoms with Gasteiger partial charge in [0.2, 0.25) is 5.91 Å². The summed E-state index contributed by atoms with van der Waals surface area (Å²) in [6, 6.07) is 1.41. The van der Waals surface area contributed by atoms with Gasteiger partial charge in [0.15, 0.2) is 11.6 Å². The number of carbonyl (C=O) groups excluding carboxylic acids is 1. The summed E-state index contributed by atoms with van der Waals surface area (Å²) in [6.07, 6.45) is 0.0935. The molecule has 0 atom stereocenters. The number of hydrogen-bond acceptors (Lipinski definition) is 3. The Morgan fingerprint density at radius 2 is 1.85 bits per heavy atom. The van der Waals surface area contributed by atoms with Crippen molar-refractivity contribution >= 4 is 17.6 Å². The van der Waals surface area contributed by atoms with Crippen molar-refractivity contribution in [1.82, 2.24) is 5.32 Å². The van der Waals surface area contributed by atoms with Gasteiger partial charge in [-0.25, -0.2) is 13.6 Å². The quantitative estimate of drug-likeness (QED) is 0.747. The molecule has 0 aliphatic rings. The molecule has 0 saturated heterocycles. The fourth-order valence-corrected chi connectivity index (χ4v) is 1.51. The number of hydrogen-bond donors (Lipinski definition) is 3. The third-order valence-corrected chi connectivity index (χ3v) is 2.47. The first-order valence-electron chi connectivity index (χ1n) is 6.07. The molecule has 0 heterocycles. The minimum Gasteiger partial charge on any atom is -0.478 e. The number of carboxylic acid groups (broad SMARTS) is 1. The maximum absolute atomic E-state index is 13.1. The normalized spacial score (nSPS) is 10.7. The van der Waals surface area contributed by atoms with Crippen LogP contribution in [0.3, 0.4) is 0 Å². The molecule has 110 valence electrons. The molecular formula is C13H16F2N2O3. The first-order valence-corrected chi connectivity index (χ1v) is 6.07. The molecule has 20 heavy (non-hydrogen) atoms. The van der Waals surface area contributed by atoms with Gasteiger partial charge in [-0.1, -0.05) is 13.8 Å². The summed E-state index contributed by atoms with van der Waals surface area (Å²) in [7, 11) is 0. The number of rotatable bonds is 6. The fraction of sp³-hybridized carbons (Fsp3) is 0.385. The molecule has 0 aromatic heterocycles. The minimum absolute atomic E-state index is 0.0935. The number of carbonyl (C=O) groups is 2. The number of nitrogens with one attached hydrogen (secondary N) is 2. The van der Waals surface area contributed by atoms with Crippen molar-refractivity contribution < 1.29 is 23.5 Å². The summed E-state index contributed by atoms with van der Waals surface area (Å²) >= 11 is 0. The van der Waals surface area contributed by atoms with Crippen molar-refractivity contribution in [2.45, 2.75) is 26.3 Å². The second-order valence-corrected chi connectivity index (χ2v) is 4.52. The van der Waals surface area contributed by atoms with Crippen molar-refractivity contribution in [3.8, 4) is 0 Å². The van der Waals surface area contributed by atoms with E-state index in [1.807, 2.05) is 13.8 Å². The lowest BCUT2D eigenvalue weighted by atomic mass is 10.1. The Hall–Kier alpha value is -2.02. The molecule has 1 aromatic rings. The van der Waals surface area contributed by atoms with Crippen LogP contribution in [0.5, 0.6) is 0 Å². The van der Waals surface area contributed by atoms with E-state index in [0.717, 1.165) is 0 Å². The lowest BCUT2D eigenvalue weighted by Gasteiger charge is -2.10. The van der Waals surface area contributed by atoms with Gasteiger partial charge in [-0.3, -0.25) is 4.79 Å². The Morgan fingerprint density at radius 3 is 2.40 bits per heavy atom. The maximum Gasteiger partial charge on any atom is 0.337 e. The molecule has 0 aliphatic carbocycles. The Bertz CT molecular complexity index is 519. The van der Waals surface area contributed by atoms with Gasteiger partial charge in [-0.05, 0) is 6.07 Å². The zero-order valence-corrected chi connectivity index (χ0v) is 11.2. The van der Waals surface area contributed by atoms with Crippen molar-refractivity contribution in [1.29, 1.82) is 0 Å². The van der Waals surface area contributed by atoms with Crippen LogP contribution in [0.25, 0.3) is 0 Å². The highest BCUT2D eigenvalue weighted by Crippen LogP contribution is 2.20. The zero-order chi connectivity index (χ0) is 15.3. The van der Waals surface area contributed by atoms with Crippen LogP contribution in [-0.2, 0) is 4.79 Å². The van der Waals surface area contributed by atoms with E-state index in [4.69, 9.17) is 5.11 Å². The highest BCUT2D eigenvalue weighted by atomic mass is 19.2. The summed E-state index contributed by atoms with van der Waals surface area (Å²) < 4.78 is 26.1. The number of carboxylic acids is 1. The summed E-state index contributed by atoms with van der Waals surface area (Å²) in [5.41, 5.74) is -0.750. The molecule has 0 fully saturated rings. The molecule has 0 bridgehead atoms. The first kappa shape index (κ1) is 16.0. The van der Waals surface area contributed by atoms with Crippen molar-refractivity contribution in [2.75, 3.05) is 11.9 Å². The van der Waals surface area contributed by atoms with Gasteiger partial charge in [0, 0.05) is 25.1 Å². The van der Waals surface area contributed by atoms with Crippen LogP contribution in [-0.4, -0.2) is 29.6 Å². The van der Waals surface area contributed by atoms with E-state index >= 15 is 0 Å². The molecule has 0 saturated carbocycles. The lowest BCUT2D eigenvalue weighted by Crippen LogP contribution is -2.27. The van der Waals surface area contributed by atoms with E-state index in [1.54, 1.807) is 0 Å². The Balaban J connectivity index is 2.78. The van der Waals surface area contributed by atoms with Gasteiger partial charge in [-0.2, -0.15) is 0 Å². The van der Waals surface area contributed by atoms with Gasteiger partial charge in [0.05, 0.1) is 11.3 Å². The molecule has 1 rings (SSSR count). The lowest BCUT2D eigenvalue weighted by molar-refractivity contribution is -0.116. The topological polar surface area (TPSA) is 78.4 Å². The average molecular weight is 286 g/mol. The van der Waals surface area contributed by atoms with E-state index in [-0.39, 0.29) is 18.2 Å². The molecule has 5 nitrogen and oxygen atoms in total. The predicted octanol–water partition coefficient (Wildman–Crippen LogP) is 1.99. The number of halogens is 2. The predicted molar refractivity (Wildman–Crippen MR) is 69.7 cm³/mol. The van der Waals surface area contributed by atoms with Gasteiger partial charge in [-0.15, -0.1) is 0 Å². The third kappa shape index (κ3) is 4.58. The number of anilines is 1. The molecule has 7 heteroatoms. The molecule has 1 aromatic carbocycles. The standard InChI is InChI=1S/C13H16F2N2O3/c1-7(2)16-4-3-12(18)17-11-6-10(15)9(14)5-8(11)13(19)20/h5-7,16H,3-4H2,1-2H3,(H,17,18)(H,19,20). The van der Waals surface area contributed by atoms with Gasteiger partial charge in [0.1, 0.15) is 0 Å². The number of benzene rings is 1. The number of amides is 1. The van der Waals surface area contributed by atoms with Crippen LogP contribution >= 0.6 is 0 Å². The largest absolute Gasteiger partial charge is 0.478 e. The van der Waals surface area contributed by atoms with Crippen LogP contribution in [0.1, 0.15) is 30.6 Å². The molecular weight excluding hydrogens is 270 g/mol. The van der Waals surface area contributed by atoms with Crippen molar-refractivity contribution in [3.63, 3.8) is 0 Å².